The Labute approximate surface area is 178 Å². The zero-order valence-electron chi connectivity index (χ0n) is 18.4. The Morgan fingerprint density at radius 1 is 1.20 bits per heavy atom. The summed E-state index contributed by atoms with van der Waals surface area (Å²) < 4.78 is 15.7. The van der Waals surface area contributed by atoms with E-state index in [1.165, 1.54) is 23.4 Å². The van der Waals surface area contributed by atoms with E-state index >= 15 is 0 Å². The number of halogens is 1. The van der Waals surface area contributed by atoms with E-state index in [1.54, 1.807) is 0 Å². The molecule has 156 valence electrons. The third kappa shape index (κ3) is 4.76. The van der Waals surface area contributed by atoms with Gasteiger partial charge in [-0.15, -0.1) is 0 Å². The first-order valence-corrected chi connectivity index (χ1v) is 10.6. The lowest BCUT2D eigenvalue weighted by Crippen LogP contribution is -1.94. The zero-order chi connectivity index (χ0) is 21.7. The van der Waals surface area contributed by atoms with E-state index in [-0.39, 0.29) is 5.82 Å². The molecule has 4 heteroatoms. The topological polar surface area (TPSA) is 30.2 Å². The number of aromatic nitrogens is 3. The van der Waals surface area contributed by atoms with Crippen LogP contribution < -0.4 is 0 Å². The first kappa shape index (κ1) is 21.7. The molecule has 3 nitrogen and oxygen atoms in total. The van der Waals surface area contributed by atoms with Crippen molar-refractivity contribution < 1.29 is 4.39 Å². The second-order valence-corrected chi connectivity index (χ2v) is 7.60. The molecular formula is C26H30FN3. The lowest BCUT2D eigenvalue weighted by Gasteiger charge is -2.04. The van der Waals surface area contributed by atoms with Gasteiger partial charge in [0.05, 0.1) is 11.9 Å². The molecule has 0 unspecified atom stereocenters. The van der Waals surface area contributed by atoms with Crippen LogP contribution in [0.4, 0.5) is 4.39 Å². The van der Waals surface area contributed by atoms with Crippen molar-refractivity contribution >= 4 is 17.8 Å². The molecule has 3 rings (SSSR count). The van der Waals surface area contributed by atoms with Crippen LogP contribution in [0.2, 0.25) is 0 Å². The smallest absolute Gasteiger partial charge is 0.144 e. The molecule has 0 bridgehead atoms. The van der Waals surface area contributed by atoms with Crippen molar-refractivity contribution in [2.45, 2.75) is 53.4 Å². The van der Waals surface area contributed by atoms with Crippen molar-refractivity contribution in [2.24, 2.45) is 0 Å². The lowest BCUT2D eigenvalue weighted by atomic mass is 10.1. The number of fused-ring (bicyclic) bond motifs is 1. The number of hydrogen-bond donors (Lipinski definition) is 0. The van der Waals surface area contributed by atoms with Crippen LogP contribution in [0.1, 0.15) is 60.5 Å². The van der Waals surface area contributed by atoms with E-state index in [0.717, 1.165) is 59.5 Å². The van der Waals surface area contributed by atoms with Crippen LogP contribution in [0.15, 0.2) is 48.8 Å². The second-order valence-electron chi connectivity index (χ2n) is 7.60. The lowest BCUT2D eigenvalue weighted by molar-refractivity contribution is 0.619. The molecule has 0 spiro atoms. The third-order valence-corrected chi connectivity index (χ3v) is 5.39. The largest absolute Gasteiger partial charge is 0.304 e. The SMILES string of the molecule is C=C(/C=C\c1cc(F)cnc1CC)CCc1nc2c(/C=C\CC)c(C)ccn2c1C. The van der Waals surface area contributed by atoms with Gasteiger partial charge in [-0.3, -0.25) is 4.98 Å². The van der Waals surface area contributed by atoms with Crippen molar-refractivity contribution in [3.63, 3.8) is 0 Å². The van der Waals surface area contributed by atoms with Crippen LogP contribution in [0.3, 0.4) is 0 Å². The minimum atomic E-state index is -0.319. The molecule has 3 aromatic heterocycles. The second kappa shape index (κ2) is 9.66. The van der Waals surface area contributed by atoms with E-state index in [1.807, 2.05) is 19.1 Å². The normalized spacial score (nSPS) is 11.9. The number of pyridine rings is 2. The summed E-state index contributed by atoms with van der Waals surface area (Å²) in [5.74, 6) is -0.319. The molecule has 30 heavy (non-hydrogen) atoms. The Bertz CT molecular complexity index is 1120. The summed E-state index contributed by atoms with van der Waals surface area (Å²) in [5.41, 5.74) is 8.35. The van der Waals surface area contributed by atoms with Crippen molar-refractivity contribution in [3.8, 4) is 0 Å². The van der Waals surface area contributed by atoms with Gasteiger partial charge in [-0.2, -0.15) is 0 Å². The predicted molar refractivity (Wildman–Crippen MR) is 124 cm³/mol. The first-order valence-electron chi connectivity index (χ1n) is 10.6. The van der Waals surface area contributed by atoms with E-state index in [0.29, 0.717) is 0 Å². The highest BCUT2D eigenvalue weighted by molar-refractivity contribution is 5.69. The summed E-state index contributed by atoms with van der Waals surface area (Å²) in [4.78, 5) is 9.11. The van der Waals surface area contributed by atoms with E-state index in [9.17, 15) is 4.39 Å². The average molecular weight is 404 g/mol. The molecule has 0 saturated carbocycles. The van der Waals surface area contributed by atoms with Gasteiger partial charge in [-0.1, -0.05) is 50.3 Å². The van der Waals surface area contributed by atoms with Gasteiger partial charge in [-0.05, 0) is 62.8 Å². The fraction of sp³-hybridized carbons (Fsp3) is 0.308. The zero-order valence-corrected chi connectivity index (χ0v) is 18.4. The van der Waals surface area contributed by atoms with Crippen LogP contribution in [0.5, 0.6) is 0 Å². The quantitative estimate of drug-likeness (QED) is 0.393. The number of nitrogens with zero attached hydrogens (tertiary/aromatic N) is 3. The van der Waals surface area contributed by atoms with Gasteiger partial charge < -0.3 is 4.40 Å². The minimum Gasteiger partial charge on any atom is -0.304 e. The van der Waals surface area contributed by atoms with E-state index in [4.69, 9.17) is 4.98 Å². The average Bonchev–Trinajstić information content (AvgIpc) is 3.05. The monoisotopic (exact) mass is 403 g/mol. The first-order chi connectivity index (χ1) is 14.4. The Morgan fingerprint density at radius 3 is 2.73 bits per heavy atom. The highest BCUT2D eigenvalue weighted by atomic mass is 19.1. The number of aryl methyl sites for hydroxylation is 4. The molecule has 0 saturated heterocycles. The number of imidazole rings is 1. The Hall–Kier alpha value is -3.01. The number of rotatable bonds is 8. The van der Waals surface area contributed by atoms with Gasteiger partial charge in [0, 0.05) is 23.1 Å². The van der Waals surface area contributed by atoms with Crippen LogP contribution in [-0.4, -0.2) is 14.4 Å². The molecule has 0 aromatic carbocycles. The Morgan fingerprint density at radius 2 is 2.00 bits per heavy atom. The van der Waals surface area contributed by atoms with E-state index in [2.05, 4.69) is 61.2 Å². The summed E-state index contributed by atoms with van der Waals surface area (Å²) in [7, 11) is 0. The van der Waals surface area contributed by atoms with Crippen molar-refractivity contribution in [1.82, 2.24) is 14.4 Å². The summed E-state index contributed by atoms with van der Waals surface area (Å²) in [6, 6.07) is 3.66. The molecule has 0 amide bonds. The number of hydrogen-bond acceptors (Lipinski definition) is 2. The molecule has 0 aliphatic rings. The Kier molecular flexibility index (Phi) is 6.99. The maximum absolute atomic E-state index is 13.5. The summed E-state index contributed by atoms with van der Waals surface area (Å²) >= 11 is 0. The maximum Gasteiger partial charge on any atom is 0.144 e. The number of allylic oxidation sites excluding steroid dienone is 3. The minimum absolute atomic E-state index is 0.319. The highest BCUT2D eigenvalue weighted by Gasteiger charge is 2.12. The van der Waals surface area contributed by atoms with Gasteiger partial charge in [0.2, 0.25) is 0 Å². The van der Waals surface area contributed by atoms with Gasteiger partial charge in [0.25, 0.3) is 0 Å². The summed E-state index contributed by atoms with van der Waals surface area (Å²) in [5, 5.41) is 0. The van der Waals surface area contributed by atoms with Gasteiger partial charge in [0.15, 0.2) is 0 Å². The standard InChI is InChI=1S/C26H30FN3/c1-6-8-9-23-19(4)14-15-30-20(5)25(29-26(23)30)13-11-18(3)10-12-21-16-22(27)17-28-24(21)7-2/h8-10,12,14-17H,3,6-7,11,13H2,1-2,4-5H3/b9-8-,12-10-. The van der Waals surface area contributed by atoms with Crippen LogP contribution >= 0.6 is 0 Å². The van der Waals surface area contributed by atoms with Crippen LogP contribution in [0, 0.1) is 19.7 Å². The van der Waals surface area contributed by atoms with Crippen LogP contribution in [0.25, 0.3) is 17.8 Å². The third-order valence-electron chi connectivity index (χ3n) is 5.39. The molecule has 0 aliphatic heterocycles. The fourth-order valence-corrected chi connectivity index (χ4v) is 3.56. The molecule has 0 aliphatic carbocycles. The highest BCUT2D eigenvalue weighted by Crippen LogP contribution is 2.22. The van der Waals surface area contributed by atoms with Gasteiger partial charge in [-0.25, -0.2) is 9.37 Å². The molecule has 0 atom stereocenters. The van der Waals surface area contributed by atoms with E-state index < -0.39 is 0 Å². The fourth-order valence-electron chi connectivity index (χ4n) is 3.56. The van der Waals surface area contributed by atoms with Crippen molar-refractivity contribution in [1.29, 1.82) is 0 Å². The molecular weight excluding hydrogens is 373 g/mol. The Balaban J connectivity index is 1.77. The molecule has 0 fully saturated rings. The summed E-state index contributed by atoms with van der Waals surface area (Å²) in [6.07, 6.45) is 14.9. The molecule has 0 N–H and O–H groups in total. The summed E-state index contributed by atoms with van der Waals surface area (Å²) in [6.45, 7) is 12.6. The van der Waals surface area contributed by atoms with Crippen molar-refractivity contribution in [3.05, 3.63) is 88.4 Å². The molecule has 3 aromatic rings. The van der Waals surface area contributed by atoms with Gasteiger partial charge in [0.1, 0.15) is 11.5 Å². The molecule has 0 radical (unpaired) electrons. The molecule has 3 heterocycles. The van der Waals surface area contributed by atoms with Crippen molar-refractivity contribution in [2.75, 3.05) is 0 Å². The maximum atomic E-state index is 13.5. The predicted octanol–water partition coefficient (Wildman–Crippen LogP) is 6.67. The van der Waals surface area contributed by atoms with Gasteiger partial charge >= 0.3 is 0 Å². The van der Waals surface area contributed by atoms with Crippen LogP contribution in [-0.2, 0) is 12.8 Å².